The van der Waals surface area contributed by atoms with Crippen LogP contribution < -0.4 is 27.7 Å². The van der Waals surface area contributed by atoms with Gasteiger partial charge in [-0.2, -0.15) is 0 Å². The van der Waals surface area contributed by atoms with Gasteiger partial charge in [0.15, 0.2) is 6.29 Å². The number of nitrogens with zero attached hydrogens (tertiary/aromatic N) is 4. The van der Waals surface area contributed by atoms with Gasteiger partial charge in [0.05, 0.1) is 80.3 Å². The van der Waals surface area contributed by atoms with E-state index in [1.54, 1.807) is 0 Å². The molecule has 5 aromatic heterocycles. The van der Waals surface area contributed by atoms with Gasteiger partial charge in [0.1, 0.15) is 0 Å². The van der Waals surface area contributed by atoms with Crippen LogP contribution in [0.25, 0.3) is 93.8 Å². The normalized spacial score (nSPS) is 16.5. The minimum absolute atomic E-state index is 0.00999. The lowest BCUT2D eigenvalue weighted by Gasteiger charge is -2.33. The molecule has 8 bridgehead atoms. The molecule has 108 heavy (non-hydrogen) atoms. The van der Waals surface area contributed by atoms with Gasteiger partial charge in [-0.25, -0.2) is 14.5 Å². The third kappa shape index (κ3) is 15.5. The first-order valence-corrected chi connectivity index (χ1v) is 40.7. The van der Waals surface area contributed by atoms with Crippen LogP contribution in [0.5, 0.6) is 0 Å². The smallest absolute Gasteiger partial charge is 0.407 e. The summed E-state index contributed by atoms with van der Waals surface area (Å²) in [7, 11) is -0.429. The molecule has 0 aliphatic carbocycles. The summed E-state index contributed by atoms with van der Waals surface area (Å²) in [6, 6.07) is 30.2. The highest BCUT2D eigenvalue weighted by Crippen LogP contribution is 2.47. The Hall–Kier alpha value is -8.34. The largest absolute Gasteiger partial charge is 0.493 e. The van der Waals surface area contributed by atoms with Gasteiger partial charge in [-0.05, 0) is 192 Å². The van der Waals surface area contributed by atoms with E-state index in [0.29, 0.717) is 18.9 Å². The summed E-state index contributed by atoms with van der Waals surface area (Å²) in [5.41, 5.74) is 23.6. The van der Waals surface area contributed by atoms with Crippen LogP contribution in [0.2, 0.25) is 0 Å². The first-order valence-electron chi connectivity index (χ1n) is 40.7. The summed E-state index contributed by atoms with van der Waals surface area (Å²) < 4.78 is 28.2. The van der Waals surface area contributed by atoms with Crippen molar-refractivity contribution in [2.24, 2.45) is 5.41 Å². The molecule has 0 radical (unpaired) electrons. The van der Waals surface area contributed by atoms with Gasteiger partial charge in [-0.15, -0.1) is 0 Å². The lowest BCUT2D eigenvalue weighted by molar-refractivity contribution is -0.201. The van der Waals surface area contributed by atoms with Crippen molar-refractivity contribution in [3.05, 3.63) is 194 Å². The van der Waals surface area contributed by atoms with Crippen LogP contribution in [0.15, 0.2) is 110 Å². The molecule has 13 rings (SSSR count). The predicted molar refractivity (Wildman–Crippen MR) is 448 cm³/mol. The van der Waals surface area contributed by atoms with E-state index in [4.69, 9.17) is 28.8 Å². The monoisotopic (exact) mass is 1450 g/mol. The molecule has 0 atom stereocenters. The number of nitrogens with one attached hydrogen (secondary N) is 2. The molecule has 4 aromatic carbocycles. The first-order chi connectivity index (χ1) is 51.7. The lowest BCUT2D eigenvalue weighted by Crippen LogP contribution is -2.47. The Balaban J connectivity index is 0.941. The number of H-pyrrole nitrogens is 2. The average Bonchev–Trinajstić information content (AvgIpc) is 1.57. The molecule has 2 fully saturated rings. The Bertz CT molecular complexity index is 5090. The molecule has 2 N–H and O–H groups in total. The zero-order valence-electron chi connectivity index (χ0n) is 67.4. The fourth-order valence-electron chi connectivity index (χ4n) is 17.0. The third-order valence-electron chi connectivity index (χ3n) is 23.5. The van der Waals surface area contributed by atoms with Crippen LogP contribution in [0.3, 0.4) is 0 Å². The summed E-state index contributed by atoms with van der Waals surface area (Å²) in [4.78, 5) is 78.4. The van der Waals surface area contributed by atoms with Crippen molar-refractivity contribution < 1.29 is 18.8 Å². The van der Waals surface area contributed by atoms with Crippen LogP contribution in [-0.2, 0) is 42.5 Å². The van der Waals surface area contributed by atoms with E-state index in [1.807, 2.05) is 32.9 Å². The highest BCUT2D eigenvalue weighted by molar-refractivity contribution is 6.61. The van der Waals surface area contributed by atoms with Crippen LogP contribution in [0.1, 0.15) is 287 Å². The number of ether oxygens (including phenoxy) is 2. The number of benzene rings is 4. The van der Waals surface area contributed by atoms with Gasteiger partial charge in [0, 0.05) is 46.4 Å². The van der Waals surface area contributed by atoms with Gasteiger partial charge in [0.25, 0.3) is 22.2 Å². The van der Waals surface area contributed by atoms with E-state index in [0.717, 1.165) is 216 Å². The average molecular weight is 1460 g/mol. The molecule has 15 heteroatoms. The maximum Gasteiger partial charge on any atom is 0.493 e. The van der Waals surface area contributed by atoms with Crippen molar-refractivity contribution in [2.75, 3.05) is 26.4 Å². The standard InChI is InChI=1S/C93H115BN6O8/c1-17-21-25-29-33-66-56(5)82-80(60-37-39-62(40-38-60)90-105-52-65(53-106-90)99-86(101)70-48-72-73(49-71(70)87(99)102)89(104)100(88(72)103)79-47-63(91(9,10)11)43-46-74(79)92(12,13)14)83-57(6)67(34-30-26-22-18-2)76(96-83)51-78-69(36-32-28-24-20-4)59(8)85(98-78)81(61-41-44-64(45-42-61)94-107-54-93(15,16)55-108-94)84-58(7)68(35-31-27-23-19-3)77(97-84)50-75(66)95-82/h37-51,65,90,97-98H,17-36,52-55H2,1-16H3. The molecule has 0 saturated carbocycles. The highest BCUT2D eigenvalue weighted by Gasteiger charge is 2.36. The number of rotatable bonds is 26. The molecule has 2 saturated heterocycles. The van der Waals surface area contributed by atoms with Crippen molar-refractivity contribution in [3.8, 4) is 27.9 Å². The fraction of sp³-hybridized carbons (Fsp3) is 0.484. The number of allylic oxidation sites excluding steroid dienone is 4. The van der Waals surface area contributed by atoms with Crippen molar-refractivity contribution in [1.82, 2.24) is 29.1 Å². The van der Waals surface area contributed by atoms with Gasteiger partial charge in [-0.1, -0.05) is 221 Å². The van der Waals surface area contributed by atoms with E-state index in [2.05, 4.69) is 167 Å². The predicted octanol–water partition coefficient (Wildman–Crippen LogP) is 21.2. The molecule has 4 aliphatic heterocycles. The highest BCUT2D eigenvalue weighted by atomic mass is 16.7. The number of fused-ring (bicyclic) bond motifs is 10. The van der Waals surface area contributed by atoms with Gasteiger partial charge < -0.3 is 28.8 Å². The van der Waals surface area contributed by atoms with E-state index in [-0.39, 0.29) is 45.6 Å². The molecule has 14 nitrogen and oxygen atoms in total. The molecular formula is C93H115BN6O8. The van der Waals surface area contributed by atoms with Crippen LogP contribution in [0.4, 0.5) is 0 Å². The minimum atomic E-state index is -0.803. The van der Waals surface area contributed by atoms with Crippen molar-refractivity contribution in [3.63, 3.8) is 0 Å². The molecule has 4 aliphatic rings. The number of aryl methyl sites for hydroxylation is 4. The molecule has 568 valence electrons. The summed E-state index contributed by atoms with van der Waals surface area (Å²) >= 11 is 0. The molecule has 0 amide bonds. The number of hydrogen-bond acceptors (Lipinski definition) is 10. The van der Waals surface area contributed by atoms with E-state index < -0.39 is 47.1 Å². The summed E-state index contributed by atoms with van der Waals surface area (Å²) in [6.45, 7) is 36.4. The third-order valence-corrected chi connectivity index (χ3v) is 23.5. The van der Waals surface area contributed by atoms with E-state index >= 15 is 0 Å². The zero-order valence-corrected chi connectivity index (χ0v) is 67.4. The number of unbranched alkanes of at least 4 members (excludes halogenated alkanes) is 12. The maximum atomic E-state index is 14.5. The van der Waals surface area contributed by atoms with E-state index in [1.165, 1.54) is 67.5 Å². The van der Waals surface area contributed by atoms with Crippen molar-refractivity contribution >= 4 is 78.5 Å². The Morgan fingerprint density at radius 3 is 1.38 bits per heavy atom. The Morgan fingerprint density at radius 1 is 0.500 bits per heavy atom. The summed E-state index contributed by atoms with van der Waals surface area (Å²) in [6.07, 6.45) is 20.9. The number of aromatic amines is 2. The summed E-state index contributed by atoms with van der Waals surface area (Å²) in [5, 5.41) is 0.347. The SMILES string of the molecule is CCCCCCC1=C(C)c2nc1cc1[nH]c(c(C)c1CCCCCC)c(-c1ccc(B3OCC(C)(C)CO3)cc1)c1[nH]c(cc3nc(c2-c2ccc(C4OCC(n5c(=O)c6cc7c(=O)n(-c8cc(C(C)(C)C)ccc8C(C)(C)C)c(=O)c7cc6c5=O)CO4)cc2)C(C)=C3CCCCCC)c(CCCCCC)c1C. The lowest BCUT2D eigenvalue weighted by atomic mass is 9.75. The topological polar surface area (TPSA) is 172 Å². The Morgan fingerprint density at radius 2 is 0.935 bits per heavy atom. The van der Waals surface area contributed by atoms with Gasteiger partial charge in [-0.3, -0.25) is 23.7 Å². The minimum Gasteiger partial charge on any atom is -0.407 e. The second kappa shape index (κ2) is 32.3. The maximum absolute atomic E-state index is 14.5. The second-order valence-corrected chi connectivity index (χ2v) is 34.3. The van der Waals surface area contributed by atoms with Crippen LogP contribution in [0, 0.1) is 19.3 Å². The molecule has 9 heterocycles. The van der Waals surface area contributed by atoms with Crippen molar-refractivity contribution in [1.29, 1.82) is 0 Å². The second-order valence-electron chi connectivity index (χ2n) is 34.3. The quantitative estimate of drug-likeness (QED) is 0.0392. The van der Waals surface area contributed by atoms with Gasteiger partial charge in [0.2, 0.25) is 0 Å². The zero-order chi connectivity index (χ0) is 76.7. The number of hydrogen-bond donors (Lipinski definition) is 2. The summed E-state index contributed by atoms with van der Waals surface area (Å²) in [5.74, 6) is 0. The molecule has 0 spiro atoms. The van der Waals surface area contributed by atoms with Crippen molar-refractivity contribution in [2.45, 2.75) is 262 Å². The number of aromatic nitrogens is 6. The molecular weight excluding hydrogens is 1340 g/mol. The van der Waals surface area contributed by atoms with E-state index in [9.17, 15) is 19.2 Å². The molecule has 9 aromatic rings. The Labute approximate surface area is 639 Å². The van der Waals surface area contributed by atoms with Crippen LogP contribution >= 0.6 is 0 Å². The molecule has 0 unspecified atom stereocenters. The van der Waals surface area contributed by atoms with Gasteiger partial charge >= 0.3 is 7.12 Å². The first kappa shape index (κ1) is 77.8. The van der Waals surface area contributed by atoms with Crippen LogP contribution in [-0.4, -0.2) is 62.6 Å². The fourth-order valence-corrected chi connectivity index (χ4v) is 17.0. The Kier molecular flexibility index (Phi) is 23.3.